The summed E-state index contributed by atoms with van der Waals surface area (Å²) in [5.74, 6) is -3.21. The molecule has 1 atom stereocenters. The normalized spacial score (nSPS) is 13.4. The van der Waals surface area contributed by atoms with Crippen molar-refractivity contribution in [2.24, 2.45) is 7.05 Å². The van der Waals surface area contributed by atoms with Crippen molar-refractivity contribution in [3.63, 3.8) is 0 Å². The molecule has 1 heterocycles. The van der Waals surface area contributed by atoms with Crippen LogP contribution in [-0.4, -0.2) is 42.0 Å². The number of rotatable bonds is 9. The molecule has 0 saturated heterocycles. The maximum absolute atomic E-state index is 13.5. The molecule has 0 radical (unpaired) electrons. The monoisotopic (exact) mass is 505 g/mol. The first-order valence-corrected chi connectivity index (χ1v) is 11.5. The highest BCUT2D eigenvalue weighted by atomic mass is 32.2. The van der Waals surface area contributed by atoms with Gasteiger partial charge in [0.25, 0.3) is 5.91 Å². The Bertz CT molecular complexity index is 1200. The number of hydrogen-bond donors (Lipinski definition) is 1. The van der Waals surface area contributed by atoms with Crippen molar-refractivity contribution in [1.82, 2.24) is 8.87 Å². The lowest BCUT2D eigenvalue weighted by Gasteiger charge is -2.29. The van der Waals surface area contributed by atoms with Gasteiger partial charge in [0, 0.05) is 37.1 Å². The Kier molecular flexibility index (Phi) is 8.43. The molecule has 1 aromatic carbocycles. The summed E-state index contributed by atoms with van der Waals surface area (Å²) in [7, 11) is -3.38. The van der Waals surface area contributed by atoms with Crippen LogP contribution in [0.2, 0.25) is 0 Å². The first-order valence-electron chi connectivity index (χ1n) is 10.0. The quantitative estimate of drug-likeness (QED) is 0.381. The Morgan fingerprint density at radius 1 is 1.26 bits per heavy atom. The van der Waals surface area contributed by atoms with Crippen molar-refractivity contribution < 1.29 is 35.2 Å². The number of nitrogens with zero attached hydrogens (tertiary/aromatic N) is 2. The molecule has 0 spiro atoms. The van der Waals surface area contributed by atoms with E-state index in [1.54, 1.807) is 0 Å². The molecule has 1 N–H and O–H groups in total. The van der Waals surface area contributed by atoms with Crippen LogP contribution in [0.4, 0.5) is 27.6 Å². The number of carbonyl (C=O) groups excluding carboxylic acids is 1. The number of alkyl halides is 3. The fourth-order valence-electron chi connectivity index (χ4n) is 3.23. The van der Waals surface area contributed by atoms with Crippen LogP contribution >= 0.6 is 0 Å². The van der Waals surface area contributed by atoms with Gasteiger partial charge in [0.1, 0.15) is 16.6 Å². The third kappa shape index (κ3) is 5.73. The van der Waals surface area contributed by atoms with Crippen LogP contribution in [0.1, 0.15) is 36.3 Å². The molecular formula is C22H24F5N3O3S. The fraction of sp³-hybridized carbons (Fsp3) is 0.318. The fourth-order valence-corrected chi connectivity index (χ4v) is 5.09. The molecule has 0 saturated carbocycles. The zero-order chi connectivity index (χ0) is 25.8. The molecule has 34 heavy (non-hydrogen) atoms. The number of anilines is 1. The molecule has 6 nitrogen and oxygen atoms in total. The van der Waals surface area contributed by atoms with E-state index in [2.05, 4.69) is 11.9 Å². The van der Waals surface area contributed by atoms with Gasteiger partial charge in [-0.15, -0.1) is 6.58 Å². The van der Waals surface area contributed by atoms with Crippen LogP contribution in [0.25, 0.3) is 6.08 Å². The van der Waals surface area contributed by atoms with Crippen LogP contribution in [-0.2, 0) is 17.1 Å². The average molecular weight is 506 g/mol. The van der Waals surface area contributed by atoms with Crippen molar-refractivity contribution in [2.45, 2.75) is 37.4 Å². The minimum atomic E-state index is -4.84. The van der Waals surface area contributed by atoms with E-state index in [4.69, 9.17) is 0 Å². The Labute approximate surface area is 194 Å². The van der Waals surface area contributed by atoms with Gasteiger partial charge in [-0.2, -0.15) is 17.5 Å². The predicted molar refractivity (Wildman–Crippen MR) is 119 cm³/mol. The van der Waals surface area contributed by atoms with E-state index >= 15 is 0 Å². The van der Waals surface area contributed by atoms with E-state index in [1.807, 2.05) is 0 Å². The second-order valence-electron chi connectivity index (χ2n) is 7.36. The van der Waals surface area contributed by atoms with Gasteiger partial charge in [-0.05, 0) is 32.4 Å². The minimum Gasteiger partial charge on any atom is -0.345 e. The maximum Gasteiger partial charge on any atom is 0.404 e. The molecule has 0 aliphatic rings. The Balaban J connectivity index is 2.61. The van der Waals surface area contributed by atoms with Gasteiger partial charge in [0.2, 0.25) is 10.0 Å². The maximum atomic E-state index is 13.5. The SMILES string of the molecule is C=CCCN([C@H](C)C(F)(F)F)S(=O)(=O)c1cn(C)c(C(=O)Nc2ccc(F)c(F)c2)c1/C=C/C. The predicted octanol–water partition coefficient (Wildman–Crippen LogP) is 5.11. The van der Waals surface area contributed by atoms with Gasteiger partial charge < -0.3 is 9.88 Å². The number of halogens is 5. The Hall–Kier alpha value is -2.99. The molecule has 0 bridgehead atoms. The highest BCUT2D eigenvalue weighted by Crippen LogP contribution is 2.33. The summed E-state index contributed by atoms with van der Waals surface area (Å²) in [5.41, 5.74) is -0.452. The van der Waals surface area contributed by atoms with E-state index < -0.39 is 51.2 Å². The second kappa shape index (κ2) is 10.5. The van der Waals surface area contributed by atoms with E-state index in [1.165, 1.54) is 32.2 Å². The van der Waals surface area contributed by atoms with E-state index in [9.17, 15) is 35.2 Å². The van der Waals surface area contributed by atoms with E-state index in [0.29, 0.717) is 4.31 Å². The second-order valence-corrected chi connectivity index (χ2v) is 9.22. The highest BCUT2D eigenvalue weighted by molar-refractivity contribution is 7.89. The number of aromatic nitrogens is 1. The number of aryl methyl sites for hydroxylation is 1. The van der Waals surface area contributed by atoms with Gasteiger partial charge in [-0.3, -0.25) is 4.79 Å². The topological polar surface area (TPSA) is 71.4 Å². The number of carbonyl (C=O) groups is 1. The van der Waals surface area contributed by atoms with Crippen LogP contribution in [0.15, 0.2) is 48.0 Å². The number of allylic oxidation sites excluding steroid dienone is 1. The van der Waals surface area contributed by atoms with Crippen molar-refractivity contribution in [3.8, 4) is 0 Å². The number of sulfonamides is 1. The van der Waals surface area contributed by atoms with Gasteiger partial charge in [-0.25, -0.2) is 17.2 Å². The summed E-state index contributed by atoms with van der Waals surface area (Å²) in [4.78, 5) is 12.4. The average Bonchev–Trinajstić information content (AvgIpc) is 3.07. The van der Waals surface area contributed by atoms with E-state index in [-0.39, 0.29) is 23.4 Å². The third-order valence-corrected chi connectivity index (χ3v) is 6.95. The smallest absolute Gasteiger partial charge is 0.345 e. The molecule has 0 aliphatic heterocycles. The van der Waals surface area contributed by atoms with Crippen LogP contribution in [0.3, 0.4) is 0 Å². The minimum absolute atomic E-state index is 0.0328. The van der Waals surface area contributed by atoms with Crippen LogP contribution < -0.4 is 5.32 Å². The lowest BCUT2D eigenvalue weighted by molar-refractivity contribution is -0.166. The zero-order valence-electron chi connectivity index (χ0n) is 18.7. The Morgan fingerprint density at radius 3 is 2.44 bits per heavy atom. The lowest BCUT2D eigenvalue weighted by atomic mass is 10.2. The molecule has 0 fully saturated rings. The molecular weight excluding hydrogens is 481 g/mol. The van der Waals surface area contributed by atoms with Gasteiger partial charge in [-0.1, -0.05) is 18.2 Å². The molecule has 1 amide bonds. The van der Waals surface area contributed by atoms with Crippen LogP contribution in [0, 0.1) is 11.6 Å². The van der Waals surface area contributed by atoms with Crippen molar-refractivity contribution >= 4 is 27.7 Å². The van der Waals surface area contributed by atoms with Crippen molar-refractivity contribution in [3.05, 3.63) is 66.0 Å². The molecule has 12 heteroatoms. The third-order valence-electron chi connectivity index (χ3n) is 4.96. The molecule has 186 valence electrons. The molecule has 0 unspecified atom stereocenters. The molecule has 2 rings (SSSR count). The van der Waals surface area contributed by atoms with Gasteiger partial charge in [0.15, 0.2) is 11.6 Å². The molecule has 2 aromatic rings. The standard InChI is InChI=1S/C22H24F5N3O3S/c1-5-7-11-30(14(3)22(25,26)27)34(32,33)19-13-29(4)20(16(19)8-6-2)21(31)28-15-9-10-17(23)18(24)12-15/h5-6,8-10,12-14H,1,7,11H2,2-4H3,(H,28,31)/b8-6+/t14-/m1/s1. The van der Waals surface area contributed by atoms with Crippen LogP contribution in [0.5, 0.6) is 0 Å². The zero-order valence-corrected chi connectivity index (χ0v) is 19.5. The summed E-state index contributed by atoms with van der Waals surface area (Å²) >= 11 is 0. The molecule has 0 aliphatic carbocycles. The summed E-state index contributed by atoms with van der Waals surface area (Å²) in [6, 6.07) is 0.310. The largest absolute Gasteiger partial charge is 0.404 e. The summed E-state index contributed by atoms with van der Waals surface area (Å²) in [5, 5.41) is 2.34. The number of amides is 1. The van der Waals surface area contributed by atoms with Crippen molar-refractivity contribution in [1.29, 1.82) is 0 Å². The first kappa shape index (κ1) is 27.3. The highest BCUT2D eigenvalue weighted by Gasteiger charge is 2.46. The lowest BCUT2D eigenvalue weighted by Crippen LogP contribution is -2.47. The number of hydrogen-bond acceptors (Lipinski definition) is 3. The van der Waals surface area contributed by atoms with Crippen molar-refractivity contribution in [2.75, 3.05) is 11.9 Å². The summed E-state index contributed by atoms with van der Waals surface area (Å²) < 4.78 is 95.3. The molecule has 1 aromatic heterocycles. The first-order chi connectivity index (χ1) is 15.7. The number of nitrogens with one attached hydrogen (secondary N) is 1. The van der Waals surface area contributed by atoms with Gasteiger partial charge >= 0.3 is 6.18 Å². The Morgan fingerprint density at radius 2 is 1.91 bits per heavy atom. The number of benzene rings is 1. The summed E-state index contributed by atoms with van der Waals surface area (Å²) in [6.07, 6.45) is 0.158. The summed E-state index contributed by atoms with van der Waals surface area (Å²) in [6.45, 7) is 5.22. The van der Waals surface area contributed by atoms with Gasteiger partial charge in [0.05, 0.1) is 0 Å². The van der Waals surface area contributed by atoms with E-state index in [0.717, 1.165) is 35.9 Å².